The predicted molar refractivity (Wildman–Crippen MR) is 134 cm³/mol. The summed E-state index contributed by atoms with van der Waals surface area (Å²) in [6, 6.07) is 0. The molecule has 4 aromatic rings. The summed E-state index contributed by atoms with van der Waals surface area (Å²) in [6.07, 6.45) is -2.21. The zero-order valence-electron chi connectivity index (χ0n) is 20.1. The minimum Gasteiger partial charge on any atom is -0.385 e. The highest BCUT2D eigenvalue weighted by molar-refractivity contribution is 7.33. The van der Waals surface area contributed by atoms with E-state index in [9.17, 15) is 14.5 Å². The van der Waals surface area contributed by atoms with E-state index >= 15 is 4.39 Å². The molecule has 0 amide bonds. The first kappa shape index (κ1) is 25.8. The lowest BCUT2D eigenvalue weighted by atomic mass is 9.94. The summed E-state index contributed by atoms with van der Waals surface area (Å²) in [5.74, 6) is -3.33. The van der Waals surface area contributed by atoms with E-state index in [-0.39, 0.29) is 55.7 Å². The van der Waals surface area contributed by atoms with Gasteiger partial charge in [-0.1, -0.05) is 0 Å². The van der Waals surface area contributed by atoms with Crippen molar-refractivity contribution >= 4 is 51.2 Å². The number of aliphatic hydroxyl groups is 1. The molecule has 9 unspecified atom stereocenters. The van der Waals surface area contributed by atoms with Gasteiger partial charge in [-0.25, -0.2) is 19.9 Å². The molecule has 3 aliphatic heterocycles. The molecule has 0 aromatic carbocycles. The van der Waals surface area contributed by atoms with E-state index in [2.05, 4.69) is 29.9 Å². The summed E-state index contributed by atoms with van der Waals surface area (Å²) in [5.41, 5.74) is 11.3. The van der Waals surface area contributed by atoms with E-state index in [1.165, 1.54) is 23.5 Å². The zero-order chi connectivity index (χ0) is 27.8. The van der Waals surface area contributed by atoms with E-state index < -0.39 is 56.5 Å². The molecule has 3 fully saturated rings. The van der Waals surface area contributed by atoms with Gasteiger partial charge in [0.05, 0.1) is 25.0 Å². The van der Waals surface area contributed by atoms with Crippen LogP contribution in [-0.4, -0.2) is 81.5 Å². The largest absolute Gasteiger partial charge is 0.385 e. The average Bonchev–Trinajstić information content (AvgIpc) is 3.61. The molecule has 4 aromatic heterocycles. The maximum atomic E-state index is 16.3. The summed E-state index contributed by atoms with van der Waals surface area (Å²) < 4.78 is 59.8. The summed E-state index contributed by atoms with van der Waals surface area (Å²) in [5, 5.41) is 11.0. The second kappa shape index (κ2) is 9.46. The summed E-state index contributed by atoms with van der Waals surface area (Å²) in [7, 11) is -3.65. The van der Waals surface area contributed by atoms with Gasteiger partial charge in [-0.15, -0.1) is 0 Å². The normalized spacial score (nSPS) is 35.3. The maximum absolute atomic E-state index is 16.3. The van der Waals surface area contributed by atoms with Gasteiger partial charge >= 0.3 is 14.2 Å². The summed E-state index contributed by atoms with van der Waals surface area (Å²) in [4.78, 5) is 34.7. The highest BCUT2D eigenvalue weighted by Crippen LogP contribution is 2.51. The number of nitrogens with zero attached hydrogens (tertiary/aromatic N) is 7. The smallest absolute Gasteiger partial charge is 0.319 e. The van der Waals surface area contributed by atoms with Gasteiger partial charge < -0.3 is 35.1 Å². The lowest BCUT2D eigenvalue weighted by Gasteiger charge is -2.49. The van der Waals surface area contributed by atoms with E-state index in [0.29, 0.717) is 0 Å². The Morgan fingerprint density at radius 3 is 2.88 bits per heavy atom. The van der Waals surface area contributed by atoms with Crippen molar-refractivity contribution < 1.29 is 37.1 Å². The first-order valence-electron chi connectivity index (χ1n) is 11.8. The molecule has 7 heterocycles. The van der Waals surface area contributed by atoms with E-state index in [1.807, 2.05) is 0 Å². The number of nitrogens with two attached hydrogens (primary N) is 2. The molecule has 0 saturated carbocycles. The molecule has 21 heteroatoms. The molecular formula is C19H21FN10O8P2. The molecule has 6 N–H and O–H groups in total. The third-order valence-corrected chi connectivity index (χ3v) is 8.78. The van der Waals surface area contributed by atoms with E-state index in [1.54, 1.807) is 0 Å². The number of anilines is 2. The number of hydrogen-bond donors (Lipinski definition) is 4. The second-order valence-corrected chi connectivity index (χ2v) is 11.1. The SMILES string of the molecule is Nc1nc2c(ncn2C2OC3OPCC4C(CO[PH](=O)OC2C3O)OC4(F)n2cnc3c(N)ncnc32)c(=O)[nH]1. The van der Waals surface area contributed by atoms with Crippen molar-refractivity contribution in [3.63, 3.8) is 0 Å². The Kier molecular flexibility index (Phi) is 6.10. The van der Waals surface area contributed by atoms with Crippen molar-refractivity contribution in [3.05, 3.63) is 29.3 Å². The Labute approximate surface area is 224 Å². The highest BCUT2D eigenvalue weighted by Gasteiger charge is 2.59. The van der Waals surface area contributed by atoms with Crippen LogP contribution in [-0.2, 0) is 33.6 Å². The molecule has 3 saturated heterocycles. The maximum Gasteiger partial charge on any atom is 0.319 e. The Hall–Kier alpha value is -3.15. The van der Waals surface area contributed by atoms with Crippen molar-refractivity contribution in [2.45, 2.75) is 36.8 Å². The Bertz CT molecular complexity index is 1700. The van der Waals surface area contributed by atoms with Crippen LogP contribution in [0.4, 0.5) is 16.2 Å². The number of alkyl halides is 1. The van der Waals surface area contributed by atoms with Crippen molar-refractivity contribution in [2.24, 2.45) is 5.92 Å². The zero-order valence-corrected chi connectivity index (χ0v) is 22.1. The molecule has 212 valence electrons. The molecule has 3 aliphatic rings. The number of hydrogen-bond acceptors (Lipinski definition) is 15. The third-order valence-electron chi connectivity index (χ3n) is 6.91. The standard InChI is InChI=1S/C19H21FN10O8P2/c20-19(30-5-26-8-12(21)23-3-24-13(8)30)6-2-39-37-17-10(31)11(38-40(33)34-1-7(6)36-19)16(35-17)29-4-25-9-14(29)27-18(22)28-15(9)32/h3-7,10-11,16-17,31,39-40H,1-2H2,(H2,21,23,24)(H3,22,27,28,32). The van der Waals surface area contributed by atoms with Gasteiger partial charge in [0, 0.05) is 15.0 Å². The number of aliphatic hydroxyl groups excluding tert-OH is 1. The fraction of sp³-hybridized carbons (Fsp3) is 0.474. The van der Waals surface area contributed by atoms with Gasteiger partial charge in [-0.05, 0) is 0 Å². The van der Waals surface area contributed by atoms with Crippen molar-refractivity contribution in [1.29, 1.82) is 0 Å². The van der Waals surface area contributed by atoms with Crippen LogP contribution < -0.4 is 17.0 Å². The minimum absolute atomic E-state index is 0.0360. The second-order valence-electron chi connectivity index (χ2n) is 9.19. The summed E-state index contributed by atoms with van der Waals surface area (Å²) >= 11 is 0. The van der Waals surface area contributed by atoms with Crippen molar-refractivity contribution in [3.8, 4) is 0 Å². The minimum atomic E-state index is -3.28. The topological polar surface area (TPSA) is 243 Å². The van der Waals surface area contributed by atoms with Crippen LogP contribution in [0.3, 0.4) is 0 Å². The van der Waals surface area contributed by atoms with Crippen LogP contribution in [0.15, 0.2) is 23.8 Å². The number of halogens is 1. The highest BCUT2D eigenvalue weighted by atomic mass is 31.1. The number of aromatic amines is 1. The first-order chi connectivity index (χ1) is 19.2. The quantitative estimate of drug-likeness (QED) is 0.210. The Morgan fingerprint density at radius 2 is 2.02 bits per heavy atom. The number of rotatable bonds is 2. The predicted octanol–water partition coefficient (Wildman–Crippen LogP) is -0.650. The van der Waals surface area contributed by atoms with Gasteiger partial charge in [0.15, 0.2) is 35.1 Å². The summed E-state index contributed by atoms with van der Waals surface area (Å²) in [6.45, 7) is -0.276. The van der Waals surface area contributed by atoms with Crippen molar-refractivity contribution in [1.82, 2.24) is 39.0 Å². The van der Waals surface area contributed by atoms with Crippen LogP contribution in [0, 0.1) is 5.92 Å². The van der Waals surface area contributed by atoms with Gasteiger partial charge in [0.1, 0.15) is 30.4 Å². The Balaban J connectivity index is 1.17. The molecule has 0 aliphatic carbocycles. The van der Waals surface area contributed by atoms with Crippen molar-refractivity contribution in [2.75, 3.05) is 24.2 Å². The fourth-order valence-corrected chi connectivity index (χ4v) is 6.97. The van der Waals surface area contributed by atoms with Gasteiger partial charge in [0.25, 0.3) is 5.56 Å². The van der Waals surface area contributed by atoms with Gasteiger partial charge in [-0.3, -0.25) is 28.0 Å². The third kappa shape index (κ3) is 3.93. The number of aromatic nitrogens is 8. The van der Waals surface area contributed by atoms with E-state index in [0.717, 1.165) is 4.57 Å². The average molecular weight is 598 g/mol. The van der Waals surface area contributed by atoms with Gasteiger partial charge in [-0.2, -0.15) is 9.37 Å². The number of fused-ring (bicyclic) bond motifs is 5. The van der Waals surface area contributed by atoms with Crippen LogP contribution >= 0.6 is 17.1 Å². The lowest BCUT2D eigenvalue weighted by molar-refractivity contribution is -0.375. The molecule has 7 rings (SSSR count). The fourth-order valence-electron chi connectivity index (χ4n) is 4.97. The number of nitrogens with one attached hydrogen (secondary N) is 1. The van der Waals surface area contributed by atoms with Crippen LogP contribution in [0.2, 0.25) is 0 Å². The molecule has 18 nitrogen and oxygen atoms in total. The molecule has 40 heavy (non-hydrogen) atoms. The number of imidazole rings is 2. The Morgan fingerprint density at radius 1 is 1.20 bits per heavy atom. The molecule has 2 bridgehead atoms. The monoisotopic (exact) mass is 598 g/mol. The van der Waals surface area contributed by atoms with Gasteiger partial charge in [0.2, 0.25) is 5.95 Å². The van der Waals surface area contributed by atoms with Crippen LogP contribution in [0.5, 0.6) is 0 Å². The number of ether oxygens (including phenoxy) is 2. The molecule has 0 spiro atoms. The van der Waals surface area contributed by atoms with Crippen LogP contribution in [0.25, 0.3) is 22.3 Å². The first-order valence-corrected chi connectivity index (χ1v) is 14.2. The van der Waals surface area contributed by atoms with Crippen LogP contribution in [0.1, 0.15) is 6.23 Å². The molecule has 9 atom stereocenters. The molecule has 0 radical (unpaired) electrons. The number of H-pyrrole nitrogens is 1. The number of nitrogen functional groups attached to an aromatic ring is 2. The lowest BCUT2D eigenvalue weighted by Crippen LogP contribution is -2.60. The van der Waals surface area contributed by atoms with E-state index in [4.69, 9.17) is 34.5 Å². The molecular weight excluding hydrogens is 577 g/mol.